The van der Waals surface area contributed by atoms with Gasteiger partial charge >= 0.3 is 0 Å². The molecular weight excluding hydrogens is 404 g/mol. The lowest BCUT2D eigenvalue weighted by molar-refractivity contribution is -0.134. The van der Waals surface area contributed by atoms with Crippen LogP contribution >= 0.6 is 0 Å². The number of amides is 2. The Kier molecular flexibility index (Phi) is 5.07. The lowest BCUT2D eigenvalue weighted by atomic mass is 9.77. The number of nitrogens with zero attached hydrogens (tertiary/aromatic N) is 3. The lowest BCUT2D eigenvalue weighted by Gasteiger charge is -2.45. The summed E-state index contributed by atoms with van der Waals surface area (Å²) in [6.07, 6.45) is 4.86. The van der Waals surface area contributed by atoms with Gasteiger partial charge in [0.25, 0.3) is 5.91 Å². The molecule has 0 spiro atoms. The van der Waals surface area contributed by atoms with E-state index in [9.17, 15) is 9.59 Å². The number of aromatic nitrogens is 2. The van der Waals surface area contributed by atoms with Crippen LogP contribution < -0.4 is 5.32 Å². The molecule has 32 heavy (non-hydrogen) atoms. The van der Waals surface area contributed by atoms with Crippen LogP contribution in [-0.2, 0) is 17.9 Å². The molecule has 0 unspecified atom stereocenters. The summed E-state index contributed by atoms with van der Waals surface area (Å²) >= 11 is 0. The van der Waals surface area contributed by atoms with Crippen LogP contribution in [0.2, 0.25) is 0 Å². The number of para-hydroxylation sites is 2. The topological polar surface area (TPSA) is 80.4 Å². The summed E-state index contributed by atoms with van der Waals surface area (Å²) in [5, 5.41) is 3.31. The Bertz CT molecular complexity index is 1150. The van der Waals surface area contributed by atoms with Crippen LogP contribution in [0.5, 0.6) is 0 Å². The summed E-state index contributed by atoms with van der Waals surface area (Å²) in [5.74, 6) is 1.60. The molecule has 1 saturated carbocycles. The van der Waals surface area contributed by atoms with Gasteiger partial charge in [0.05, 0.1) is 30.4 Å². The summed E-state index contributed by atoms with van der Waals surface area (Å²) in [5.41, 5.74) is 0.557. The maximum absolute atomic E-state index is 13.8. The molecule has 1 aromatic carbocycles. The minimum atomic E-state index is -1.07. The molecule has 1 aliphatic heterocycles. The van der Waals surface area contributed by atoms with Crippen molar-refractivity contribution in [1.29, 1.82) is 0 Å². The summed E-state index contributed by atoms with van der Waals surface area (Å²) in [7, 11) is 0. The van der Waals surface area contributed by atoms with Crippen LogP contribution in [0, 0.1) is 11.8 Å². The van der Waals surface area contributed by atoms with E-state index in [1.54, 1.807) is 17.2 Å². The zero-order valence-corrected chi connectivity index (χ0v) is 18.9. The number of carbonyl (C=O) groups excluding carboxylic acids is 2. The van der Waals surface area contributed by atoms with E-state index in [1.165, 1.54) is 6.42 Å². The standard InChI is InChI=1S/C25H30N4O3/c1-16-8-6-11-19(17(16)2)27-24(31)25(3)15-28-21-12-5-4-10-20(21)26-22(28)23(30)29(25)14-18-9-7-13-32-18/h4-5,7,9-10,12-13,16-17,19H,6,8,11,14-15H2,1-3H3,(H,27,31)/t16-,17-,19+,25-/m1/s1. The molecule has 7 heteroatoms. The highest BCUT2D eigenvalue weighted by molar-refractivity contribution is 6.01. The van der Waals surface area contributed by atoms with Crippen molar-refractivity contribution in [2.45, 2.75) is 64.7 Å². The third-order valence-corrected chi connectivity index (χ3v) is 7.56. The fraction of sp³-hybridized carbons (Fsp3) is 0.480. The SMILES string of the molecule is C[C@@H]1[C@H](C)CCC[C@@H]1NC(=O)[C@@]1(C)Cn2c(nc3ccccc32)C(=O)N1Cc1ccco1. The van der Waals surface area contributed by atoms with Gasteiger partial charge in [-0.1, -0.05) is 38.8 Å². The van der Waals surface area contributed by atoms with E-state index >= 15 is 0 Å². The van der Waals surface area contributed by atoms with Crippen molar-refractivity contribution in [3.8, 4) is 0 Å². The van der Waals surface area contributed by atoms with Crippen molar-refractivity contribution >= 4 is 22.8 Å². The molecular formula is C25H30N4O3. The van der Waals surface area contributed by atoms with Gasteiger partial charge in [-0.2, -0.15) is 0 Å². The molecule has 1 N–H and O–H groups in total. The van der Waals surface area contributed by atoms with Gasteiger partial charge in [-0.05, 0) is 49.4 Å². The van der Waals surface area contributed by atoms with E-state index in [-0.39, 0.29) is 24.4 Å². The van der Waals surface area contributed by atoms with Crippen molar-refractivity contribution < 1.29 is 14.0 Å². The number of hydrogen-bond acceptors (Lipinski definition) is 4. The summed E-state index contributed by atoms with van der Waals surface area (Å²) in [4.78, 5) is 33.7. The Balaban J connectivity index is 1.53. The quantitative estimate of drug-likeness (QED) is 0.673. The lowest BCUT2D eigenvalue weighted by Crippen LogP contribution is -2.65. The molecule has 1 fully saturated rings. The Morgan fingerprint density at radius 1 is 1.22 bits per heavy atom. The zero-order valence-electron chi connectivity index (χ0n) is 18.9. The second-order valence-electron chi connectivity index (χ2n) is 9.60. The second-order valence-corrected chi connectivity index (χ2v) is 9.60. The molecule has 2 aromatic heterocycles. The van der Waals surface area contributed by atoms with Crippen LogP contribution in [0.4, 0.5) is 0 Å². The molecule has 3 heterocycles. The maximum atomic E-state index is 13.8. The molecule has 168 valence electrons. The van der Waals surface area contributed by atoms with Gasteiger partial charge in [-0.25, -0.2) is 4.98 Å². The van der Waals surface area contributed by atoms with Gasteiger partial charge in [0.15, 0.2) is 5.82 Å². The van der Waals surface area contributed by atoms with E-state index in [0.717, 1.165) is 23.9 Å². The Morgan fingerprint density at radius 3 is 2.81 bits per heavy atom. The molecule has 7 nitrogen and oxygen atoms in total. The van der Waals surface area contributed by atoms with Crippen LogP contribution in [-0.4, -0.2) is 37.8 Å². The summed E-state index contributed by atoms with van der Waals surface area (Å²) < 4.78 is 7.42. The number of imidazole rings is 1. The minimum absolute atomic E-state index is 0.115. The van der Waals surface area contributed by atoms with Gasteiger partial charge < -0.3 is 19.2 Å². The number of furan rings is 1. The highest BCUT2D eigenvalue weighted by Crippen LogP contribution is 2.34. The van der Waals surface area contributed by atoms with Crippen LogP contribution in [0.25, 0.3) is 11.0 Å². The van der Waals surface area contributed by atoms with Crippen molar-refractivity contribution in [3.63, 3.8) is 0 Å². The van der Waals surface area contributed by atoms with E-state index in [0.29, 0.717) is 30.0 Å². The Hall–Kier alpha value is -3.09. The normalized spacial score (nSPS) is 28.0. The van der Waals surface area contributed by atoms with Gasteiger partial charge in [0.2, 0.25) is 5.91 Å². The van der Waals surface area contributed by atoms with Crippen molar-refractivity contribution in [2.24, 2.45) is 11.8 Å². The number of nitrogens with one attached hydrogen (secondary N) is 1. The number of fused-ring (bicyclic) bond motifs is 3. The molecule has 3 aromatic rings. The second kappa shape index (κ2) is 7.80. The summed E-state index contributed by atoms with van der Waals surface area (Å²) in [6.45, 7) is 6.89. The first-order valence-electron chi connectivity index (χ1n) is 11.5. The van der Waals surface area contributed by atoms with Crippen molar-refractivity contribution in [2.75, 3.05) is 0 Å². The monoisotopic (exact) mass is 434 g/mol. The molecule has 2 amide bonds. The van der Waals surface area contributed by atoms with E-state index < -0.39 is 5.54 Å². The first-order chi connectivity index (χ1) is 15.4. The highest BCUT2D eigenvalue weighted by atomic mass is 16.3. The van der Waals surface area contributed by atoms with Crippen LogP contribution in [0.15, 0.2) is 47.1 Å². The van der Waals surface area contributed by atoms with E-state index in [1.807, 2.05) is 41.8 Å². The number of rotatable bonds is 4. The fourth-order valence-electron chi connectivity index (χ4n) is 5.25. The van der Waals surface area contributed by atoms with Gasteiger partial charge in [-0.15, -0.1) is 0 Å². The van der Waals surface area contributed by atoms with Gasteiger partial charge in [-0.3, -0.25) is 9.59 Å². The minimum Gasteiger partial charge on any atom is -0.467 e. The Labute approximate surface area is 187 Å². The number of carbonyl (C=O) groups is 2. The fourth-order valence-corrected chi connectivity index (χ4v) is 5.25. The average molecular weight is 435 g/mol. The van der Waals surface area contributed by atoms with Gasteiger partial charge in [0, 0.05) is 6.04 Å². The molecule has 1 aliphatic carbocycles. The third-order valence-electron chi connectivity index (χ3n) is 7.56. The molecule has 2 aliphatic rings. The number of hydrogen-bond donors (Lipinski definition) is 1. The third kappa shape index (κ3) is 3.31. The molecule has 0 bridgehead atoms. The largest absolute Gasteiger partial charge is 0.467 e. The van der Waals surface area contributed by atoms with Crippen LogP contribution in [0.1, 0.15) is 56.4 Å². The predicted octanol–water partition coefficient (Wildman–Crippen LogP) is 3.98. The van der Waals surface area contributed by atoms with Crippen molar-refractivity contribution in [3.05, 3.63) is 54.2 Å². The molecule has 0 saturated heterocycles. The maximum Gasteiger partial charge on any atom is 0.291 e. The van der Waals surface area contributed by atoms with E-state index in [2.05, 4.69) is 24.1 Å². The molecule has 4 atom stereocenters. The smallest absolute Gasteiger partial charge is 0.291 e. The Morgan fingerprint density at radius 2 is 2.03 bits per heavy atom. The predicted molar refractivity (Wildman–Crippen MR) is 121 cm³/mol. The molecule has 5 rings (SSSR count). The van der Waals surface area contributed by atoms with Crippen LogP contribution in [0.3, 0.4) is 0 Å². The zero-order chi connectivity index (χ0) is 22.5. The first-order valence-corrected chi connectivity index (χ1v) is 11.5. The average Bonchev–Trinajstić information content (AvgIpc) is 3.42. The molecule has 0 radical (unpaired) electrons. The van der Waals surface area contributed by atoms with Gasteiger partial charge in [0.1, 0.15) is 11.3 Å². The summed E-state index contributed by atoms with van der Waals surface area (Å²) in [6, 6.07) is 11.4. The highest BCUT2D eigenvalue weighted by Gasteiger charge is 2.49. The van der Waals surface area contributed by atoms with E-state index in [4.69, 9.17) is 4.42 Å². The number of benzene rings is 1. The van der Waals surface area contributed by atoms with Crippen molar-refractivity contribution in [1.82, 2.24) is 19.8 Å². The first kappa shape index (κ1) is 20.8.